The first-order valence-electron chi connectivity index (χ1n) is 5.68. The van der Waals surface area contributed by atoms with Gasteiger partial charge in [-0.05, 0) is 24.6 Å². The number of hydrogen-bond donors (Lipinski definition) is 2. The molecule has 0 bridgehead atoms. The zero-order chi connectivity index (χ0) is 13.7. The molecule has 1 unspecified atom stereocenters. The van der Waals surface area contributed by atoms with E-state index in [2.05, 4.69) is 20.5 Å². The maximum absolute atomic E-state index is 11.8. The second kappa shape index (κ2) is 6.58. The molecule has 0 aliphatic rings. The minimum Gasteiger partial charge on any atom is -0.349 e. The van der Waals surface area contributed by atoms with Gasteiger partial charge in [0.05, 0.1) is 11.8 Å². The molecule has 1 amide bonds. The van der Waals surface area contributed by atoms with Crippen molar-refractivity contribution in [2.24, 2.45) is 0 Å². The van der Waals surface area contributed by atoms with Gasteiger partial charge in [-0.1, -0.05) is 35.5 Å². The average Bonchev–Trinajstić information content (AvgIpc) is 2.89. The van der Waals surface area contributed by atoms with Gasteiger partial charge in [-0.15, -0.1) is 0 Å². The summed E-state index contributed by atoms with van der Waals surface area (Å²) in [6.07, 6.45) is 1.41. The highest BCUT2D eigenvalue weighted by Gasteiger charge is 2.10. The first-order valence-corrected chi connectivity index (χ1v) is 7.04. The normalized spacial score (nSPS) is 12.1. The zero-order valence-electron chi connectivity index (χ0n) is 10.3. The van der Waals surface area contributed by atoms with E-state index in [1.54, 1.807) is 6.07 Å². The molecule has 1 atom stereocenters. The van der Waals surface area contributed by atoms with Gasteiger partial charge in [0, 0.05) is 5.02 Å². The molecule has 2 rings (SSSR count). The van der Waals surface area contributed by atoms with Crippen LogP contribution in [-0.4, -0.2) is 26.8 Å². The molecule has 0 aliphatic heterocycles. The fourth-order valence-electron chi connectivity index (χ4n) is 1.54. The number of thioether (sulfide) groups is 1. The summed E-state index contributed by atoms with van der Waals surface area (Å²) in [4.78, 5) is 15.7. The number of aromatic nitrogens is 3. The van der Waals surface area contributed by atoms with Crippen molar-refractivity contribution in [3.05, 3.63) is 41.2 Å². The van der Waals surface area contributed by atoms with Gasteiger partial charge in [-0.2, -0.15) is 5.10 Å². The molecule has 1 aromatic heterocycles. The third-order valence-electron chi connectivity index (χ3n) is 2.46. The molecule has 5 nitrogen and oxygen atoms in total. The summed E-state index contributed by atoms with van der Waals surface area (Å²) in [5, 5.41) is 10.6. The van der Waals surface area contributed by atoms with Gasteiger partial charge in [0.2, 0.25) is 5.91 Å². The lowest BCUT2D eigenvalue weighted by atomic mass is 10.1. The lowest BCUT2D eigenvalue weighted by Crippen LogP contribution is -2.28. The van der Waals surface area contributed by atoms with Gasteiger partial charge in [0.15, 0.2) is 5.16 Å². The van der Waals surface area contributed by atoms with Crippen LogP contribution in [0.5, 0.6) is 0 Å². The SMILES string of the molecule is CC(NC(=O)CSc1ncn[nH]1)c1cccc(Cl)c1. The van der Waals surface area contributed by atoms with Crippen molar-refractivity contribution in [2.45, 2.75) is 18.1 Å². The minimum absolute atomic E-state index is 0.0612. The Balaban J connectivity index is 1.84. The summed E-state index contributed by atoms with van der Waals surface area (Å²) in [6.45, 7) is 1.92. The molecule has 19 heavy (non-hydrogen) atoms. The number of nitrogens with zero attached hydrogens (tertiary/aromatic N) is 2. The Labute approximate surface area is 120 Å². The minimum atomic E-state index is -0.0819. The van der Waals surface area contributed by atoms with Crippen molar-refractivity contribution in [1.29, 1.82) is 0 Å². The fourth-order valence-corrected chi connectivity index (χ4v) is 2.33. The van der Waals surface area contributed by atoms with Gasteiger partial charge < -0.3 is 5.32 Å². The van der Waals surface area contributed by atoms with Crippen LogP contribution in [0.25, 0.3) is 0 Å². The predicted octanol–water partition coefficient (Wildman–Crippen LogP) is 2.43. The standard InChI is InChI=1S/C12H13ClN4OS/c1-8(9-3-2-4-10(13)5-9)16-11(18)6-19-12-14-7-15-17-12/h2-5,7-8H,6H2,1H3,(H,16,18)(H,14,15,17). The molecule has 0 saturated carbocycles. The second-order valence-corrected chi connectivity index (χ2v) is 5.32. The Morgan fingerprint density at radius 3 is 3.11 bits per heavy atom. The number of benzene rings is 1. The van der Waals surface area contributed by atoms with Crippen molar-refractivity contribution in [1.82, 2.24) is 20.5 Å². The largest absolute Gasteiger partial charge is 0.349 e. The molecule has 0 radical (unpaired) electrons. The van der Waals surface area contributed by atoms with Gasteiger partial charge in [0.1, 0.15) is 6.33 Å². The van der Waals surface area contributed by atoms with Crippen LogP contribution < -0.4 is 5.32 Å². The molecule has 100 valence electrons. The molecule has 0 aliphatic carbocycles. The maximum Gasteiger partial charge on any atom is 0.230 e. The van der Waals surface area contributed by atoms with Crippen LogP contribution in [0.3, 0.4) is 0 Å². The highest BCUT2D eigenvalue weighted by molar-refractivity contribution is 7.99. The van der Waals surface area contributed by atoms with Gasteiger partial charge in [-0.3, -0.25) is 9.89 Å². The van der Waals surface area contributed by atoms with E-state index in [4.69, 9.17) is 11.6 Å². The van der Waals surface area contributed by atoms with Crippen molar-refractivity contribution in [3.63, 3.8) is 0 Å². The number of hydrogen-bond acceptors (Lipinski definition) is 4. The van der Waals surface area contributed by atoms with Crippen molar-refractivity contribution in [3.8, 4) is 0 Å². The predicted molar refractivity (Wildman–Crippen MR) is 75.1 cm³/mol. The quantitative estimate of drug-likeness (QED) is 0.831. The van der Waals surface area contributed by atoms with Crippen LogP contribution >= 0.6 is 23.4 Å². The number of carbonyl (C=O) groups is 1. The van der Waals surface area contributed by atoms with Crippen LogP contribution in [0.15, 0.2) is 35.7 Å². The number of rotatable bonds is 5. The second-order valence-electron chi connectivity index (χ2n) is 3.92. The molecule has 1 heterocycles. The number of aromatic amines is 1. The number of amides is 1. The average molecular weight is 297 g/mol. The van der Waals surface area contributed by atoms with Crippen molar-refractivity contribution < 1.29 is 4.79 Å². The summed E-state index contributed by atoms with van der Waals surface area (Å²) < 4.78 is 0. The molecular formula is C12H13ClN4OS. The molecule has 0 fully saturated rings. The van der Waals surface area contributed by atoms with E-state index in [0.29, 0.717) is 15.9 Å². The topological polar surface area (TPSA) is 70.7 Å². The van der Waals surface area contributed by atoms with E-state index < -0.39 is 0 Å². The van der Waals surface area contributed by atoms with Crippen molar-refractivity contribution >= 4 is 29.3 Å². The number of nitrogens with one attached hydrogen (secondary N) is 2. The monoisotopic (exact) mass is 296 g/mol. The van der Waals surface area contributed by atoms with Gasteiger partial charge >= 0.3 is 0 Å². The van der Waals surface area contributed by atoms with Gasteiger partial charge in [-0.25, -0.2) is 4.98 Å². The van der Waals surface area contributed by atoms with E-state index in [-0.39, 0.29) is 11.9 Å². The molecule has 7 heteroatoms. The Kier molecular flexibility index (Phi) is 4.81. The molecule has 2 N–H and O–H groups in total. The molecule has 2 aromatic rings. The summed E-state index contributed by atoms with van der Waals surface area (Å²) in [5.41, 5.74) is 0.977. The van der Waals surface area contributed by atoms with Crippen LogP contribution in [-0.2, 0) is 4.79 Å². The Morgan fingerprint density at radius 1 is 1.58 bits per heavy atom. The summed E-state index contributed by atoms with van der Waals surface area (Å²) in [7, 11) is 0. The van der Waals surface area contributed by atoms with E-state index >= 15 is 0 Å². The summed E-state index contributed by atoms with van der Waals surface area (Å²) >= 11 is 7.23. The lowest BCUT2D eigenvalue weighted by molar-refractivity contribution is -0.119. The van der Waals surface area contributed by atoms with E-state index in [1.165, 1.54) is 18.1 Å². The molecule has 0 saturated heterocycles. The molecular weight excluding hydrogens is 284 g/mol. The first kappa shape index (κ1) is 13.9. The number of H-pyrrole nitrogens is 1. The Hall–Kier alpha value is -1.53. The van der Waals surface area contributed by atoms with Crippen LogP contribution in [0.1, 0.15) is 18.5 Å². The van der Waals surface area contributed by atoms with Gasteiger partial charge in [0.25, 0.3) is 0 Å². The van der Waals surface area contributed by atoms with Crippen LogP contribution in [0, 0.1) is 0 Å². The highest BCUT2D eigenvalue weighted by Crippen LogP contribution is 2.18. The summed E-state index contributed by atoms with van der Waals surface area (Å²) in [6, 6.07) is 7.36. The van der Waals surface area contributed by atoms with E-state index in [1.807, 2.05) is 25.1 Å². The zero-order valence-corrected chi connectivity index (χ0v) is 11.8. The van der Waals surface area contributed by atoms with E-state index in [0.717, 1.165) is 5.56 Å². The lowest BCUT2D eigenvalue weighted by Gasteiger charge is -2.14. The third kappa shape index (κ3) is 4.25. The molecule has 1 aromatic carbocycles. The highest BCUT2D eigenvalue weighted by atomic mass is 35.5. The summed E-state index contributed by atoms with van der Waals surface area (Å²) in [5.74, 6) is 0.231. The fraction of sp³-hybridized carbons (Fsp3) is 0.250. The Morgan fingerprint density at radius 2 is 2.42 bits per heavy atom. The van der Waals surface area contributed by atoms with Crippen molar-refractivity contribution in [2.75, 3.05) is 5.75 Å². The number of carbonyl (C=O) groups excluding carboxylic acids is 1. The third-order valence-corrected chi connectivity index (χ3v) is 3.57. The van der Waals surface area contributed by atoms with E-state index in [9.17, 15) is 4.79 Å². The smallest absolute Gasteiger partial charge is 0.230 e. The Bertz CT molecular complexity index is 546. The van der Waals surface area contributed by atoms with Crippen LogP contribution in [0.4, 0.5) is 0 Å². The molecule has 0 spiro atoms. The van der Waals surface area contributed by atoms with Crippen LogP contribution in [0.2, 0.25) is 5.02 Å². The number of halogens is 1. The first-order chi connectivity index (χ1) is 9.15. The maximum atomic E-state index is 11.8.